The van der Waals surface area contributed by atoms with Crippen LogP contribution in [0.4, 0.5) is 5.69 Å². The van der Waals surface area contributed by atoms with Gasteiger partial charge in [-0.2, -0.15) is 0 Å². The molecule has 2 N–H and O–H groups in total. The molecule has 5 nitrogen and oxygen atoms in total. The smallest absolute Gasteiger partial charge is 0.224 e. The molecule has 0 bridgehead atoms. The van der Waals surface area contributed by atoms with E-state index in [4.69, 9.17) is 0 Å². The molecule has 4 rings (SSSR count). The Morgan fingerprint density at radius 1 is 1.28 bits per heavy atom. The van der Waals surface area contributed by atoms with Gasteiger partial charge in [0.2, 0.25) is 5.91 Å². The Bertz CT molecular complexity index is 1000. The van der Waals surface area contributed by atoms with Crippen molar-refractivity contribution in [3.05, 3.63) is 66.1 Å². The SMILES string of the molecule is C.CC/C=C/c1ccc(NC(=O)CCC2CCN(C)[C@@H](c3cc4ccccc4[nH]3)C2)cn1. The maximum atomic E-state index is 12.5. The van der Waals surface area contributed by atoms with Crippen molar-refractivity contribution in [3.63, 3.8) is 0 Å². The molecule has 1 aromatic carbocycles. The van der Waals surface area contributed by atoms with Gasteiger partial charge in [0.1, 0.15) is 0 Å². The van der Waals surface area contributed by atoms with Gasteiger partial charge in [0.15, 0.2) is 0 Å². The highest BCUT2D eigenvalue weighted by Crippen LogP contribution is 2.36. The number of para-hydroxylation sites is 1. The number of nitrogens with zero attached hydrogens (tertiary/aromatic N) is 2. The topological polar surface area (TPSA) is 61.0 Å². The number of piperidine rings is 1. The molecule has 5 heteroatoms. The van der Waals surface area contributed by atoms with E-state index in [1.165, 1.54) is 16.6 Å². The van der Waals surface area contributed by atoms with Crippen LogP contribution in [0.2, 0.25) is 0 Å². The summed E-state index contributed by atoms with van der Waals surface area (Å²) in [5.41, 5.74) is 4.14. The lowest BCUT2D eigenvalue weighted by Gasteiger charge is -2.36. The number of aromatic amines is 1. The number of fused-ring (bicyclic) bond motifs is 1. The number of rotatable bonds is 7. The molecule has 3 heterocycles. The van der Waals surface area contributed by atoms with E-state index < -0.39 is 0 Å². The van der Waals surface area contributed by atoms with Crippen LogP contribution in [0, 0.1) is 5.92 Å². The summed E-state index contributed by atoms with van der Waals surface area (Å²) in [7, 11) is 2.20. The fourth-order valence-electron chi connectivity index (χ4n) is 4.43. The zero-order chi connectivity index (χ0) is 21.6. The lowest BCUT2D eigenvalue weighted by Crippen LogP contribution is -2.34. The van der Waals surface area contributed by atoms with Crippen molar-refractivity contribution in [1.82, 2.24) is 14.9 Å². The summed E-state index contributed by atoms with van der Waals surface area (Å²) < 4.78 is 0. The summed E-state index contributed by atoms with van der Waals surface area (Å²) in [6, 6.07) is 14.9. The van der Waals surface area contributed by atoms with Crippen LogP contribution in [-0.4, -0.2) is 34.4 Å². The summed E-state index contributed by atoms with van der Waals surface area (Å²) in [5, 5.41) is 4.25. The van der Waals surface area contributed by atoms with E-state index in [0.29, 0.717) is 18.4 Å². The zero-order valence-corrected chi connectivity index (χ0v) is 18.5. The maximum absolute atomic E-state index is 12.5. The molecule has 2 atom stereocenters. The van der Waals surface area contributed by atoms with Crippen molar-refractivity contribution < 1.29 is 4.79 Å². The van der Waals surface area contributed by atoms with Crippen molar-refractivity contribution in [1.29, 1.82) is 0 Å². The van der Waals surface area contributed by atoms with Crippen molar-refractivity contribution in [2.24, 2.45) is 5.92 Å². The number of benzene rings is 1. The number of amides is 1. The molecule has 1 aliphatic heterocycles. The summed E-state index contributed by atoms with van der Waals surface area (Å²) in [6.07, 6.45) is 10.5. The number of pyridine rings is 1. The lowest BCUT2D eigenvalue weighted by molar-refractivity contribution is -0.116. The second kappa shape index (κ2) is 11.1. The van der Waals surface area contributed by atoms with Crippen LogP contribution >= 0.6 is 0 Å². The fourth-order valence-corrected chi connectivity index (χ4v) is 4.43. The molecule has 32 heavy (non-hydrogen) atoms. The Morgan fingerprint density at radius 3 is 2.88 bits per heavy atom. The minimum absolute atomic E-state index is 0. The molecule has 0 spiro atoms. The van der Waals surface area contributed by atoms with Crippen molar-refractivity contribution >= 4 is 28.6 Å². The molecular formula is C27H36N4O. The number of allylic oxidation sites excluding steroid dienone is 1. The molecule has 3 aromatic rings. The van der Waals surface area contributed by atoms with E-state index in [1.807, 2.05) is 18.2 Å². The standard InChI is InChI=1S/C26H32N4O.CH4/c1-3-4-8-21-11-12-22(18-27-21)28-26(31)13-10-19-14-15-30(2)25(16-19)24-17-20-7-5-6-9-23(20)29-24;/h4-9,11-12,17-19,25,29H,3,10,13-16H2,1-2H3,(H,28,31);1H4/b8-4+;/t19?,25-;/m1./s1. The highest BCUT2D eigenvalue weighted by molar-refractivity contribution is 5.90. The highest BCUT2D eigenvalue weighted by Gasteiger charge is 2.28. The van der Waals surface area contributed by atoms with Gasteiger partial charge in [-0.3, -0.25) is 14.7 Å². The Hall–Kier alpha value is -2.92. The molecule has 1 fully saturated rings. The van der Waals surface area contributed by atoms with Crippen LogP contribution < -0.4 is 5.32 Å². The third-order valence-electron chi connectivity index (χ3n) is 6.26. The summed E-state index contributed by atoms with van der Waals surface area (Å²) in [4.78, 5) is 22.9. The minimum atomic E-state index is 0. The van der Waals surface area contributed by atoms with Gasteiger partial charge in [0, 0.05) is 23.7 Å². The molecule has 0 aliphatic carbocycles. The number of carbonyl (C=O) groups is 1. The monoisotopic (exact) mass is 432 g/mol. The molecule has 0 saturated carbocycles. The summed E-state index contributed by atoms with van der Waals surface area (Å²) in [6.45, 7) is 3.15. The van der Waals surface area contributed by atoms with Gasteiger partial charge in [-0.25, -0.2) is 0 Å². The number of H-pyrrole nitrogens is 1. The number of anilines is 1. The number of hydrogen-bond donors (Lipinski definition) is 2. The van der Waals surface area contributed by atoms with Crippen molar-refractivity contribution in [2.45, 2.75) is 52.5 Å². The van der Waals surface area contributed by atoms with E-state index in [9.17, 15) is 4.79 Å². The van der Waals surface area contributed by atoms with Crippen LogP contribution in [0.15, 0.2) is 54.7 Å². The van der Waals surface area contributed by atoms with Gasteiger partial charge in [0.05, 0.1) is 17.6 Å². The van der Waals surface area contributed by atoms with E-state index in [-0.39, 0.29) is 13.3 Å². The number of likely N-dealkylation sites (tertiary alicyclic amines) is 1. The van der Waals surface area contributed by atoms with E-state index in [1.54, 1.807) is 6.20 Å². The molecule has 170 valence electrons. The van der Waals surface area contributed by atoms with Gasteiger partial charge in [-0.1, -0.05) is 38.6 Å². The highest BCUT2D eigenvalue weighted by atomic mass is 16.1. The fraction of sp³-hybridized carbons (Fsp3) is 0.407. The average Bonchev–Trinajstić information content (AvgIpc) is 3.22. The van der Waals surface area contributed by atoms with Crippen molar-refractivity contribution in [3.8, 4) is 0 Å². The van der Waals surface area contributed by atoms with Gasteiger partial charge in [-0.15, -0.1) is 0 Å². The molecule has 1 saturated heterocycles. The van der Waals surface area contributed by atoms with Crippen LogP contribution in [0.3, 0.4) is 0 Å². The molecular weight excluding hydrogens is 396 g/mol. The van der Waals surface area contributed by atoms with Gasteiger partial charge >= 0.3 is 0 Å². The van der Waals surface area contributed by atoms with Gasteiger partial charge in [-0.05, 0) is 80.9 Å². The molecule has 1 amide bonds. The Kier molecular flexibility index (Phi) is 8.23. The normalized spacial score (nSPS) is 19.2. The first-order valence-corrected chi connectivity index (χ1v) is 11.3. The van der Waals surface area contributed by atoms with Crippen molar-refractivity contribution in [2.75, 3.05) is 18.9 Å². The van der Waals surface area contributed by atoms with E-state index >= 15 is 0 Å². The van der Waals surface area contributed by atoms with Crippen LogP contribution in [-0.2, 0) is 4.79 Å². The molecule has 2 aromatic heterocycles. The predicted octanol–water partition coefficient (Wildman–Crippen LogP) is 6.42. The maximum Gasteiger partial charge on any atom is 0.224 e. The lowest BCUT2D eigenvalue weighted by atomic mass is 9.86. The Morgan fingerprint density at radius 2 is 2.12 bits per heavy atom. The first-order chi connectivity index (χ1) is 15.1. The van der Waals surface area contributed by atoms with Crippen LogP contribution in [0.5, 0.6) is 0 Å². The predicted molar refractivity (Wildman–Crippen MR) is 135 cm³/mol. The quantitative estimate of drug-likeness (QED) is 0.452. The summed E-state index contributed by atoms with van der Waals surface area (Å²) in [5.74, 6) is 0.623. The second-order valence-electron chi connectivity index (χ2n) is 8.57. The second-order valence-corrected chi connectivity index (χ2v) is 8.57. The zero-order valence-electron chi connectivity index (χ0n) is 18.5. The number of hydrogen-bond acceptors (Lipinski definition) is 3. The number of nitrogens with one attached hydrogen (secondary N) is 2. The largest absolute Gasteiger partial charge is 0.357 e. The Balaban J connectivity index is 0.00000289. The van der Waals surface area contributed by atoms with E-state index in [2.05, 4.69) is 70.6 Å². The molecule has 1 aliphatic rings. The van der Waals surface area contributed by atoms with Crippen LogP contribution in [0.25, 0.3) is 17.0 Å². The minimum Gasteiger partial charge on any atom is -0.357 e. The first kappa shape index (κ1) is 23.7. The van der Waals surface area contributed by atoms with Gasteiger partial charge in [0.25, 0.3) is 0 Å². The van der Waals surface area contributed by atoms with Gasteiger partial charge < -0.3 is 10.3 Å². The average molecular weight is 433 g/mol. The molecule has 1 unspecified atom stereocenters. The van der Waals surface area contributed by atoms with Crippen LogP contribution in [0.1, 0.15) is 63.9 Å². The number of carbonyl (C=O) groups excluding carboxylic acids is 1. The Labute approximate surface area is 191 Å². The first-order valence-electron chi connectivity index (χ1n) is 11.3. The van der Waals surface area contributed by atoms with E-state index in [0.717, 1.165) is 43.6 Å². The third kappa shape index (κ3) is 5.86. The molecule has 0 radical (unpaired) electrons. The third-order valence-corrected chi connectivity index (χ3v) is 6.26. The summed E-state index contributed by atoms with van der Waals surface area (Å²) >= 11 is 0. The number of aromatic nitrogens is 2.